The van der Waals surface area contributed by atoms with Crippen LogP contribution in [0.3, 0.4) is 0 Å². The van der Waals surface area contributed by atoms with Crippen LogP contribution in [0, 0.1) is 17.7 Å². The van der Waals surface area contributed by atoms with Crippen molar-refractivity contribution in [2.24, 2.45) is 11.8 Å². The molecule has 1 atom stereocenters. The molecule has 2 fully saturated rings. The predicted molar refractivity (Wildman–Crippen MR) is 75.7 cm³/mol. The molecule has 0 spiro atoms. The van der Waals surface area contributed by atoms with E-state index < -0.39 is 6.10 Å². The van der Waals surface area contributed by atoms with Crippen molar-refractivity contribution < 1.29 is 9.50 Å². The largest absolute Gasteiger partial charge is 0.387 e. The van der Waals surface area contributed by atoms with E-state index in [9.17, 15) is 9.50 Å². The number of nitrogens with zero attached hydrogens (tertiary/aromatic N) is 2. The minimum absolute atomic E-state index is 0.356. The van der Waals surface area contributed by atoms with Crippen LogP contribution in [0.1, 0.15) is 43.9 Å². The standard InChI is InChI=1S/C16H23FN2O/c17-14-5-6-15(18-9-14)16(20)7-8-19(10-12-1-2-12)11-13-3-4-13/h5-6,9,12-13,16,20H,1-4,7-8,10-11H2. The molecule has 0 bridgehead atoms. The predicted octanol–water partition coefficient (Wildman–Crippen LogP) is 2.77. The lowest BCUT2D eigenvalue weighted by atomic mass is 10.1. The molecule has 20 heavy (non-hydrogen) atoms. The summed E-state index contributed by atoms with van der Waals surface area (Å²) in [5.74, 6) is 1.41. The van der Waals surface area contributed by atoms with Gasteiger partial charge in [0.15, 0.2) is 0 Å². The third-order valence-corrected chi connectivity index (χ3v) is 4.24. The van der Waals surface area contributed by atoms with E-state index in [1.54, 1.807) is 6.07 Å². The normalized spacial score (nSPS) is 20.4. The van der Waals surface area contributed by atoms with Crippen molar-refractivity contribution in [3.05, 3.63) is 29.8 Å². The highest BCUT2D eigenvalue weighted by Crippen LogP contribution is 2.34. The first-order valence-electron chi connectivity index (χ1n) is 7.72. The van der Waals surface area contributed by atoms with Gasteiger partial charge in [-0.15, -0.1) is 0 Å². The summed E-state index contributed by atoms with van der Waals surface area (Å²) >= 11 is 0. The van der Waals surface area contributed by atoms with Crippen molar-refractivity contribution in [3.8, 4) is 0 Å². The molecular formula is C16H23FN2O. The van der Waals surface area contributed by atoms with Gasteiger partial charge in [0.1, 0.15) is 5.82 Å². The van der Waals surface area contributed by atoms with Gasteiger partial charge in [-0.05, 0) is 56.1 Å². The molecule has 2 aliphatic carbocycles. The SMILES string of the molecule is OC(CCN(CC1CC1)CC1CC1)c1ccc(F)cn1. The summed E-state index contributed by atoms with van der Waals surface area (Å²) in [6, 6.07) is 2.93. The van der Waals surface area contributed by atoms with Gasteiger partial charge in [-0.3, -0.25) is 4.98 Å². The van der Waals surface area contributed by atoms with Crippen LogP contribution in [0.15, 0.2) is 18.3 Å². The molecule has 0 aromatic carbocycles. The lowest BCUT2D eigenvalue weighted by Crippen LogP contribution is -2.30. The first-order valence-corrected chi connectivity index (χ1v) is 7.72. The molecule has 0 saturated heterocycles. The molecule has 2 saturated carbocycles. The van der Waals surface area contributed by atoms with Crippen LogP contribution >= 0.6 is 0 Å². The number of pyridine rings is 1. The average molecular weight is 278 g/mol. The van der Waals surface area contributed by atoms with Crippen LogP contribution in [-0.4, -0.2) is 34.6 Å². The summed E-state index contributed by atoms with van der Waals surface area (Å²) in [5, 5.41) is 10.1. The number of hydrogen-bond acceptors (Lipinski definition) is 3. The van der Waals surface area contributed by atoms with Crippen LogP contribution in [0.2, 0.25) is 0 Å². The Labute approximate surface area is 119 Å². The fraction of sp³-hybridized carbons (Fsp3) is 0.688. The number of aliphatic hydroxyl groups is 1. The van der Waals surface area contributed by atoms with Gasteiger partial charge in [-0.25, -0.2) is 4.39 Å². The summed E-state index contributed by atoms with van der Waals surface area (Å²) < 4.78 is 12.8. The number of aliphatic hydroxyl groups excluding tert-OH is 1. The zero-order valence-electron chi connectivity index (χ0n) is 11.8. The Balaban J connectivity index is 1.48. The second-order valence-electron chi connectivity index (χ2n) is 6.35. The Morgan fingerprint density at radius 1 is 1.20 bits per heavy atom. The number of hydrogen-bond donors (Lipinski definition) is 1. The molecule has 1 unspecified atom stereocenters. The first-order chi connectivity index (χ1) is 9.70. The molecule has 1 N–H and O–H groups in total. The van der Waals surface area contributed by atoms with Gasteiger partial charge in [0, 0.05) is 19.6 Å². The summed E-state index contributed by atoms with van der Waals surface area (Å²) in [7, 11) is 0. The fourth-order valence-electron chi connectivity index (χ4n) is 2.63. The lowest BCUT2D eigenvalue weighted by Gasteiger charge is -2.23. The molecule has 1 heterocycles. The van der Waals surface area contributed by atoms with E-state index in [0.29, 0.717) is 12.1 Å². The van der Waals surface area contributed by atoms with Gasteiger partial charge in [0.25, 0.3) is 0 Å². The molecule has 2 aliphatic rings. The van der Waals surface area contributed by atoms with Crippen LogP contribution in [-0.2, 0) is 0 Å². The minimum atomic E-state index is -0.587. The Morgan fingerprint density at radius 3 is 2.35 bits per heavy atom. The van der Waals surface area contributed by atoms with E-state index in [0.717, 1.165) is 18.4 Å². The maximum atomic E-state index is 12.8. The number of aromatic nitrogens is 1. The smallest absolute Gasteiger partial charge is 0.141 e. The van der Waals surface area contributed by atoms with Crippen LogP contribution in [0.5, 0.6) is 0 Å². The van der Waals surface area contributed by atoms with Crippen LogP contribution < -0.4 is 0 Å². The first kappa shape index (κ1) is 14.0. The summed E-state index contributed by atoms with van der Waals surface area (Å²) in [6.07, 6.45) is 6.72. The monoisotopic (exact) mass is 278 g/mol. The average Bonchev–Trinajstić information content (AvgIpc) is 3.32. The van der Waals surface area contributed by atoms with E-state index in [2.05, 4.69) is 9.88 Å². The maximum absolute atomic E-state index is 12.8. The van der Waals surface area contributed by atoms with Crippen LogP contribution in [0.4, 0.5) is 4.39 Å². The number of halogens is 1. The Kier molecular flexibility index (Phi) is 4.32. The van der Waals surface area contributed by atoms with Gasteiger partial charge in [-0.1, -0.05) is 0 Å². The highest BCUT2D eigenvalue weighted by molar-refractivity contribution is 5.08. The third kappa shape index (κ3) is 4.25. The second-order valence-corrected chi connectivity index (χ2v) is 6.35. The molecule has 0 aliphatic heterocycles. The molecule has 110 valence electrons. The lowest BCUT2D eigenvalue weighted by molar-refractivity contribution is 0.134. The van der Waals surface area contributed by atoms with Crippen molar-refractivity contribution in [3.63, 3.8) is 0 Å². The molecule has 1 aromatic heterocycles. The fourth-order valence-corrected chi connectivity index (χ4v) is 2.63. The van der Waals surface area contributed by atoms with Gasteiger partial charge >= 0.3 is 0 Å². The van der Waals surface area contributed by atoms with Gasteiger partial charge in [0.2, 0.25) is 0 Å². The zero-order chi connectivity index (χ0) is 13.9. The molecule has 1 aromatic rings. The van der Waals surface area contributed by atoms with Gasteiger partial charge < -0.3 is 10.0 Å². The van der Waals surface area contributed by atoms with Crippen molar-refractivity contribution in [1.29, 1.82) is 0 Å². The van der Waals surface area contributed by atoms with Crippen molar-refractivity contribution in [2.45, 2.75) is 38.2 Å². The quantitative estimate of drug-likeness (QED) is 0.794. The topological polar surface area (TPSA) is 36.4 Å². The van der Waals surface area contributed by atoms with E-state index in [-0.39, 0.29) is 5.82 Å². The van der Waals surface area contributed by atoms with E-state index >= 15 is 0 Å². The summed E-state index contributed by atoms with van der Waals surface area (Å²) in [5.41, 5.74) is 0.573. The maximum Gasteiger partial charge on any atom is 0.141 e. The van der Waals surface area contributed by atoms with Crippen molar-refractivity contribution in [1.82, 2.24) is 9.88 Å². The third-order valence-electron chi connectivity index (χ3n) is 4.24. The molecular weight excluding hydrogens is 255 g/mol. The molecule has 3 nitrogen and oxygen atoms in total. The highest BCUT2D eigenvalue weighted by atomic mass is 19.1. The molecule has 3 rings (SSSR count). The molecule has 0 amide bonds. The van der Waals surface area contributed by atoms with Crippen LogP contribution in [0.25, 0.3) is 0 Å². The summed E-state index contributed by atoms with van der Waals surface area (Å²) in [4.78, 5) is 6.46. The minimum Gasteiger partial charge on any atom is -0.387 e. The highest BCUT2D eigenvalue weighted by Gasteiger charge is 2.29. The Hall–Kier alpha value is -1.00. The molecule has 0 radical (unpaired) electrons. The van der Waals surface area contributed by atoms with E-state index in [4.69, 9.17) is 0 Å². The van der Waals surface area contributed by atoms with Gasteiger partial charge in [0.05, 0.1) is 18.0 Å². The Morgan fingerprint density at radius 2 is 1.85 bits per heavy atom. The van der Waals surface area contributed by atoms with E-state index in [1.165, 1.54) is 51.0 Å². The molecule has 4 heteroatoms. The second kappa shape index (κ2) is 6.19. The number of rotatable bonds is 8. The Bertz CT molecular complexity index is 415. The zero-order valence-corrected chi connectivity index (χ0v) is 11.8. The van der Waals surface area contributed by atoms with Gasteiger partial charge in [-0.2, -0.15) is 0 Å². The summed E-state index contributed by atoms with van der Waals surface area (Å²) in [6.45, 7) is 3.27. The van der Waals surface area contributed by atoms with Crippen molar-refractivity contribution >= 4 is 0 Å². The van der Waals surface area contributed by atoms with E-state index in [1.807, 2.05) is 0 Å². The van der Waals surface area contributed by atoms with Crippen molar-refractivity contribution in [2.75, 3.05) is 19.6 Å².